The summed E-state index contributed by atoms with van der Waals surface area (Å²) in [5.74, 6) is 0.644. The number of nitrogens with zero attached hydrogens (tertiary/aromatic N) is 8. The normalized spacial score (nSPS) is 11.1. The second-order valence-electron chi connectivity index (χ2n) is 10.7. The molecule has 2 aromatic carbocycles. The van der Waals surface area contributed by atoms with Crippen LogP contribution >= 0.6 is 15.9 Å². The summed E-state index contributed by atoms with van der Waals surface area (Å²) in [7, 11) is 5.04. The second-order valence-corrected chi connectivity index (χ2v) is 11.5. The Balaban J connectivity index is 0.000000168. The van der Waals surface area contributed by atoms with Gasteiger partial charge in [-0.2, -0.15) is 0 Å². The van der Waals surface area contributed by atoms with Crippen molar-refractivity contribution in [3.8, 4) is 22.8 Å². The maximum Gasteiger partial charge on any atom is 0.175 e. The van der Waals surface area contributed by atoms with E-state index in [0.29, 0.717) is 48.3 Å². The number of imidazole rings is 1. The lowest BCUT2D eigenvalue weighted by atomic mass is 10.0. The van der Waals surface area contributed by atoms with Gasteiger partial charge in [-0.05, 0) is 90.1 Å². The van der Waals surface area contributed by atoms with Crippen LogP contribution in [-0.2, 0) is 32.7 Å². The number of hydrogen-bond donors (Lipinski definition) is 0. The molecular formula is C34H31BrF2N8O2. The molecule has 7 aromatic rings. The number of fused-ring (bicyclic) bond motifs is 2. The van der Waals surface area contributed by atoms with Crippen LogP contribution < -0.4 is 9.47 Å². The van der Waals surface area contributed by atoms with Gasteiger partial charge in [-0.1, -0.05) is 12.1 Å². The third kappa shape index (κ3) is 6.57. The molecule has 0 aliphatic carbocycles. The fraction of sp³-hybridized carbons (Fsp3) is 0.206. The molecule has 0 amide bonds. The van der Waals surface area contributed by atoms with E-state index in [1.807, 2.05) is 44.7 Å². The van der Waals surface area contributed by atoms with Gasteiger partial charge in [0.2, 0.25) is 0 Å². The topological polar surface area (TPSA) is 96.7 Å². The van der Waals surface area contributed by atoms with Crippen molar-refractivity contribution in [1.82, 2.24) is 38.7 Å². The standard InChI is InChI=1S/C19H18FN5O.C15H13BrFN3O/c1-24-11-21-10-17(24)15-9-7-13(25-12-22-23-19(15)25)6-8-14-16(20)4-3-5-18(14)26-2;1-21-14-4-2-3-13(17)11(14)7-5-10-6-8-12(16)15-19-18-9-20(10)15/h3-5,7,9-12H,6,8H2,1-2H3;2-4,6,8-9H,5,7H2,1H3. The molecule has 0 saturated heterocycles. The van der Waals surface area contributed by atoms with Crippen LogP contribution in [0.4, 0.5) is 8.78 Å². The van der Waals surface area contributed by atoms with E-state index in [0.717, 1.165) is 38.4 Å². The molecular weight excluding hydrogens is 670 g/mol. The summed E-state index contributed by atoms with van der Waals surface area (Å²) in [6.45, 7) is 0. The van der Waals surface area contributed by atoms with Gasteiger partial charge in [0, 0.05) is 35.1 Å². The molecule has 47 heavy (non-hydrogen) atoms. The molecule has 13 heteroatoms. The van der Waals surface area contributed by atoms with E-state index in [1.54, 1.807) is 63.7 Å². The van der Waals surface area contributed by atoms with Crippen LogP contribution in [0.1, 0.15) is 22.5 Å². The Morgan fingerprint density at radius 3 is 1.79 bits per heavy atom. The molecule has 240 valence electrons. The van der Waals surface area contributed by atoms with Crippen molar-refractivity contribution in [1.29, 1.82) is 0 Å². The molecule has 5 aromatic heterocycles. The molecule has 5 heterocycles. The van der Waals surface area contributed by atoms with Crippen LogP contribution in [0.5, 0.6) is 11.5 Å². The van der Waals surface area contributed by atoms with Crippen molar-refractivity contribution in [2.24, 2.45) is 7.05 Å². The molecule has 0 aliphatic heterocycles. The fourth-order valence-electron chi connectivity index (χ4n) is 5.57. The minimum absolute atomic E-state index is 0.244. The first-order valence-electron chi connectivity index (χ1n) is 14.8. The zero-order valence-corrected chi connectivity index (χ0v) is 27.5. The molecule has 0 fully saturated rings. The Labute approximate surface area is 277 Å². The van der Waals surface area contributed by atoms with Gasteiger partial charge in [0.05, 0.1) is 36.9 Å². The van der Waals surface area contributed by atoms with Crippen molar-refractivity contribution in [3.63, 3.8) is 0 Å². The predicted molar refractivity (Wildman–Crippen MR) is 177 cm³/mol. The first kappa shape index (κ1) is 31.8. The number of ether oxygens (including phenoxy) is 2. The smallest absolute Gasteiger partial charge is 0.175 e. The van der Waals surface area contributed by atoms with Gasteiger partial charge in [-0.3, -0.25) is 8.80 Å². The largest absolute Gasteiger partial charge is 0.496 e. The third-order valence-electron chi connectivity index (χ3n) is 7.98. The Hall–Kier alpha value is -5.17. The quantitative estimate of drug-likeness (QED) is 0.170. The zero-order valence-electron chi connectivity index (χ0n) is 25.9. The van der Waals surface area contributed by atoms with Crippen molar-refractivity contribution < 1.29 is 18.3 Å². The van der Waals surface area contributed by atoms with Gasteiger partial charge in [0.15, 0.2) is 11.3 Å². The summed E-state index contributed by atoms with van der Waals surface area (Å²) in [6.07, 6.45) is 9.27. The highest BCUT2D eigenvalue weighted by atomic mass is 79.9. The van der Waals surface area contributed by atoms with E-state index in [1.165, 1.54) is 12.1 Å². The molecule has 0 atom stereocenters. The number of methoxy groups -OCH3 is 2. The molecule has 0 spiro atoms. The Morgan fingerprint density at radius 2 is 1.23 bits per heavy atom. The van der Waals surface area contributed by atoms with Crippen molar-refractivity contribution in [2.75, 3.05) is 14.2 Å². The zero-order chi connectivity index (χ0) is 32.9. The van der Waals surface area contributed by atoms with Gasteiger partial charge in [0.1, 0.15) is 35.8 Å². The number of halogens is 3. The Kier molecular flexibility index (Phi) is 9.52. The number of hydrogen-bond acceptors (Lipinski definition) is 7. The Bertz CT molecular complexity index is 2160. The van der Waals surface area contributed by atoms with Crippen LogP contribution in [0.2, 0.25) is 0 Å². The van der Waals surface area contributed by atoms with Crippen LogP contribution in [0.25, 0.3) is 22.6 Å². The van der Waals surface area contributed by atoms with E-state index < -0.39 is 0 Å². The van der Waals surface area contributed by atoms with Crippen LogP contribution in [0.15, 0.2) is 90.3 Å². The molecule has 0 unspecified atom stereocenters. The maximum absolute atomic E-state index is 14.2. The van der Waals surface area contributed by atoms with Gasteiger partial charge < -0.3 is 14.0 Å². The summed E-state index contributed by atoms with van der Waals surface area (Å²) in [4.78, 5) is 4.17. The molecule has 7 rings (SSSR count). The second kappa shape index (κ2) is 14.1. The summed E-state index contributed by atoms with van der Waals surface area (Å²) >= 11 is 3.44. The van der Waals surface area contributed by atoms with E-state index in [4.69, 9.17) is 9.47 Å². The number of aryl methyl sites for hydroxylation is 3. The van der Waals surface area contributed by atoms with E-state index in [9.17, 15) is 8.78 Å². The summed E-state index contributed by atoms with van der Waals surface area (Å²) in [5.41, 5.74) is 6.61. The minimum atomic E-state index is -0.254. The molecule has 0 saturated carbocycles. The first-order valence-corrected chi connectivity index (χ1v) is 15.6. The lowest BCUT2D eigenvalue weighted by molar-refractivity contribution is 0.404. The van der Waals surface area contributed by atoms with Gasteiger partial charge in [0.25, 0.3) is 0 Å². The highest BCUT2D eigenvalue weighted by molar-refractivity contribution is 9.10. The third-order valence-corrected chi connectivity index (χ3v) is 8.60. The molecule has 10 nitrogen and oxygen atoms in total. The Morgan fingerprint density at radius 1 is 0.681 bits per heavy atom. The summed E-state index contributed by atoms with van der Waals surface area (Å²) in [6, 6.07) is 17.7. The summed E-state index contributed by atoms with van der Waals surface area (Å²) < 4.78 is 45.3. The fourth-order valence-corrected chi connectivity index (χ4v) is 5.97. The lowest BCUT2D eigenvalue weighted by Gasteiger charge is -2.11. The number of rotatable bonds is 9. The maximum atomic E-state index is 14.2. The molecule has 0 N–H and O–H groups in total. The van der Waals surface area contributed by atoms with Gasteiger partial charge >= 0.3 is 0 Å². The average Bonchev–Trinajstić information content (AvgIpc) is 3.86. The van der Waals surface area contributed by atoms with E-state index >= 15 is 0 Å². The van der Waals surface area contributed by atoms with Crippen molar-refractivity contribution in [2.45, 2.75) is 25.7 Å². The monoisotopic (exact) mass is 700 g/mol. The van der Waals surface area contributed by atoms with Crippen molar-refractivity contribution in [3.05, 3.63) is 124 Å². The average molecular weight is 702 g/mol. The SMILES string of the molecule is COc1cccc(F)c1CCc1ccc(-c2cncn2C)c2nncn12.COc1cccc(F)c1CCc1ccc(Br)c2nncn12. The van der Waals surface area contributed by atoms with Crippen molar-refractivity contribution >= 4 is 27.2 Å². The highest BCUT2D eigenvalue weighted by Crippen LogP contribution is 2.27. The lowest BCUT2D eigenvalue weighted by Crippen LogP contribution is -2.03. The minimum Gasteiger partial charge on any atom is -0.496 e. The van der Waals surface area contributed by atoms with E-state index in [-0.39, 0.29) is 11.6 Å². The van der Waals surface area contributed by atoms with Crippen LogP contribution in [-0.4, -0.2) is 53.0 Å². The molecule has 0 radical (unpaired) electrons. The first-order chi connectivity index (χ1) is 22.9. The van der Waals surface area contributed by atoms with Crippen LogP contribution in [0, 0.1) is 11.6 Å². The molecule has 0 bridgehead atoms. The number of pyridine rings is 2. The van der Waals surface area contributed by atoms with Crippen LogP contribution in [0.3, 0.4) is 0 Å². The van der Waals surface area contributed by atoms with E-state index in [2.05, 4.69) is 41.3 Å². The highest BCUT2D eigenvalue weighted by Gasteiger charge is 2.15. The van der Waals surface area contributed by atoms with Gasteiger partial charge in [-0.25, -0.2) is 13.8 Å². The molecule has 0 aliphatic rings. The number of aromatic nitrogens is 8. The summed E-state index contributed by atoms with van der Waals surface area (Å²) in [5, 5.41) is 16.3. The predicted octanol–water partition coefficient (Wildman–Crippen LogP) is 6.49. The number of benzene rings is 2. The van der Waals surface area contributed by atoms with Gasteiger partial charge in [-0.15, -0.1) is 20.4 Å².